The highest BCUT2D eigenvalue weighted by Gasteiger charge is 2.60. The Hall–Kier alpha value is -2.60. The van der Waals surface area contributed by atoms with Gasteiger partial charge in [-0.25, -0.2) is 4.79 Å². The van der Waals surface area contributed by atoms with E-state index in [9.17, 15) is 28.3 Å². The van der Waals surface area contributed by atoms with Crippen molar-refractivity contribution >= 4 is 17.8 Å². The average Bonchev–Trinajstić information content (AvgIpc) is 2.89. The van der Waals surface area contributed by atoms with Gasteiger partial charge in [-0.1, -0.05) is 19.3 Å². The molecule has 0 saturated carbocycles. The van der Waals surface area contributed by atoms with Gasteiger partial charge < -0.3 is 25.4 Å². The number of aliphatic hydroxyl groups is 1. The van der Waals surface area contributed by atoms with Crippen molar-refractivity contribution in [3.63, 3.8) is 0 Å². The van der Waals surface area contributed by atoms with Crippen molar-refractivity contribution in [1.82, 2.24) is 9.55 Å². The summed E-state index contributed by atoms with van der Waals surface area (Å²) >= 11 is 0. The van der Waals surface area contributed by atoms with Gasteiger partial charge in [0.1, 0.15) is 18.5 Å². The summed E-state index contributed by atoms with van der Waals surface area (Å²) in [6.07, 6.45) is -1.48. The first-order valence-electron chi connectivity index (χ1n) is 9.56. The van der Waals surface area contributed by atoms with Gasteiger partial charge in [0.15, 0.2) is 6.10 Å². The van der Waals surface area contributed by atoms with Crippen molar-refractivity contribution in [2.24, 2.45) is 0 Å². The van der Waals surface area contributed by atoms with E-state index >= 15 is 0 Å². The number of unbranched alkanes of at least 4 members (excludes halogenated alkanes) is 4. The van der Waals surface area contributed by atoms with E-state index < -0.39 is 48.6 Å². The monoisotopic (exact) mass is 433 g/mol. The molecule has 0 unspecified atom stereocenters. The molecule has 0 aliphatic carbocycles. The molecule has 3 atom stereocenters. The summed E-state index contributed by atoms with van der Waals surface area (Å²) in [5.41, 5.74) is 4.27. The fourth-order valence-corrected chi connectivity index (χ4v) is 3.03. The number of aliphatic hydroxyl groups excluding tert-OH is 1. The first kappa shape index (κ1) is 23.7. The number of aromatic nitrogens is 2. The molecule has 10 nitrogen and oxygen atoms in total. The Morgan fingerprint density at radius 3 is 2.50 bits per heavy atom. The van der Waals surface area contributed by atoms with Crippen molar-refractivity contribution in [2.45, 2.75) is 69.3 Å². The van der Waals surface area contributed by atoms with Crippen LogP contribution < -0.4 is 11.4 Å². The molecule has 1 aromatic rings. The van der Waals surface area contributed by atoms with E-state index in [1.807, 2.05) is 0 Å². The maximum atomic E-state index is 14.4. The first-order valence-corrected chi connectivity index (χ1v) is 9.56. The number of carboxylic acids is 1. The van der Waals surface area contributed by atoms with Crippen molar-refractivity contribution < 1.29 is 38.1 Å². The minimum Gasteiger partial charge on any atom is -0.481 e. The van der Waals surface area contributed by atoms with Gasteiger partial charge in [0, 0.05) is 19.0 Å². The molecule has 0 amide bonds. The number of hydrogen-bond acceptors (Lipinski definition) is 8. The van der Waals surface area contributed by atoms with Gasteiger partial charge in [-0.05, 0) is 18.9 Å². The Bertz CT molecular complexity index is 802. The highest BCUT2D eigenvalue weighted by Crippen LogP contribution is 2.42. The summed E-state index contributed by atoms with van der Waals surface area (Å²) in [4.78, 5) is 37.3. The Kier molecular flexibility index (Phi) is 8.24. The molecule has 1 fully saturated rings. The standard InChI is InChI=1S/C18H25F2N3O7/c19-18(20)15(27)11(30-16(18)23-9-8-12(21)22-17(23)28)10-29-14(26)7-5-3-1-2-4-6-13(24)25/h8-9,11,15-16,27H,1-7,10H2,(H,24,25)(H2,21,22,28)/t11-,15-,16-/m1/s1. The Morgan fingerprint density at radius 2 is 1.87 bits per heavy atom. The van der Waals surface area contributed by atoms with Gasteiger partial charge in [0.25, 0.3) is 0 Å². The summed E-state index contributed by atoms with van der Waals surface area (Å²) in [5.74, 6) is -5.44. The number of nitrogens with zero attached hydrogens (tertiary/aromatic N) is 2. The van der Waals surface area contributed by atoms with Gasteiger partial charge in [-0.3, -0.25) is 14.2 Å². The molecule has 30 heavy (non-hydrogen) atoms. The summed E-state index contributed by atoms with van der Waals surface area (Å²) in [6, 6.07) is 1.14. The Balaban J connectivity index is 1.78. The van der Waals surface area contributed by atoms with Crippen LogP contribution in [0.4, 0.5) is 14.6 Å². The number of hydrogen-bond donors (Lipinski definition) is 3. The van der Waals surface area contributed by atoms with Crippen LogP contribution >= 0.6 is 0 Å². The highest BCUT2D eigenvalue weighted by molar-refractivity contribution is 5.69. The molecule has 0 bridgehead atoms. The number of halogens is 2. The molecule has 1 saturated heterocycles. The molecular weight excluding hydrogens is 408 g/mol. The molecule has 4 N–H and O–H groups in total. The molecule has 0 spiro atoms. The lowest BCUT2D eigenvalue weighted by atomic mass is 10.1. The van der Waals surface area contributed by atoms with Crippen molar-refractivity contribution in [3.8, 4) is 0 Å². The van der Waals surface area contributed by atoms with Gasteiger partial charge in [0.2, 0.25) is 6.23 Å². The normalized spacial score (nSPS) is 22.7. The van der Waals surface area contributed by atoms with E-state index in [-0.39, 0.29) is 18.7 Å². The van der Waals surface area contributed by atoms with E-state index in [0.29, 0.717) is 23.8 Å². The Morgan fingerprint density at radius 1 is 1.23 bits per heavy atom. The predicted octanol–water partition coefficient (Wildman–Crippen LogP) is 1.08. The minimum atomic E-state index is -3.81. The number of rotatable bonds is 11. The molecule has 12 heteroatoms. The first-order chi connectivity index (χ1) is 14.1. The van der Waals surface area contributed by atoms with Crippen molar-refractivity contribution in [2.75, 3.05) is 12.3 Å². The summed E-state index contributed by atoms with van der Waals surface area (Å²) in [6.45, 7) is -0.595. The number of carbonyl (C=O) groups excluding carboxylic acids is 1. The van der Waals surface area contributed by atoms with E-state index in [4.69, 9.17) is 20.3 Å². The largest absolute Gasteiger partial charge is 0.481 e. The summed E-state index contributed by atoms with van der Waals surface area (Å²) in [7, 11) is 0. The minimum absolute atomic E-state index is 0.0584. The van der Waals surface area contributed by atoms with E-state index in [2.05, 4.69) is 4.98 Å². The zero-order valence-electron chi connectivity index (χ0n) is 16.2. The van der Waals surface area contributed by atoms with Crippen LogP contribution in [0, 0.1) is 0 Å². The van der Waals surface area contributed by atoms with Gasteiger partial charge in [-0.2, -0.15) is 13.8 Å². The van der Waals surface area contributed by atoms with Crippen LogP contribution in [0.25, 0.3) is 0 Å². The number of ether oxygens (including phenoxy) is 2. The maximum absolute atomic E-state index is 14.4. The number of nitrogen functional groups attached to an aromatic ring is 1. The van der Waals surface area contributed by atoms with Crippen LogP contribution in [0.2, 0.25) is 0 Å². The summed E-state index contributed by atoms with van der Waals surface area (Å²) < 4.78 is 39.3. The maximum Gasteiger partial charge on any atom is 0.351 e. The van der Waals surface area contributed by atoms with Crippen LogP contribution in [-0.4, -0.2) is 56.4 Å². The summed E-state index contributed by atoms with van der Waals surface area (Å²) in [5, 5.41) is 18.4. The molecular formula is C18H25F2N3O7. The molecule has 2 heterocycles. The molecule has 1 aliphatic rings. The van der Waals surface area contributed by atoms with Crippen molar-refractivity contribution in [1.29, 1.82) is 0 Å². The smallest absolute Gasteiger partial charge is 0.351 e. The van der Waals surface area contributed by atoms with E-state index in [1.165, 1.54) is 0 Å². The van der Waals surface area contributed by atoms with Crippen LogP contribution in [-0.2, 0) is 19.1 Å². The van der Waals surface area contributed by atoms with Crippen LogP contribution in [0.15, 0.2) is 17.1 Å². The number of nitrogens with two attached hydrogens (primary N) is 1. The zero-order chi connectivity index (χ0) is 22.3. The quantitative estimate of drug-likeness (QED) is 0.343. The third-order valence-corrected chi connectivity index (χ3v) is 4.66. The SMILES string of the molecule is Nc1ccn([C@@H]2O[C@H](COC(=O)CCCCCCCC(=O)O)[C@@H](O)C2(F)F)c(=O)n1. The highest BCUT2D eigenvalue weighted by atomic mass is 19.3. The van der Waals surface area contributed by atoms with E-state index in [1.54, 1.807) is 0 Å². The number of carboxylic acid groups (broad SMARTS) is 1. The second-order valence-electron chi connectivity index (χ2n) is 7.03. The second-order valence-corrected chi connectivity index (χ2v) is 7.03. The topological polar surface area (TPSA) is 154 Å². The number of carbonyl (C=O) groups is 2. The fraction of sp³-hybridized carbons (Fsp3) is 0.667. The fourth-order valence-electron chi connectivity index (χ4n) is 3.03. The number of anilines is 1. The lowest BCUT2D eigenvalue weighted by molar-refractivity contribution is -0.150. The lowest BCUT2D eigenvalue weighted by Crippen LogP contribution is -2.42. The predicted molar refractivity (Wildman–Crippen MR) is 98.7 cm³/mol. The van der Waals surface area contributed by atoms with Crippen molar-refractivity contribution in [3.05, 3.63) is 22.7 Å². The van der Waals surface area contributed by atoms with Crippen LogP contribution in [0.1, 0.15) is 51.2 Å². The number of esters is 1. The third kappa shape index (κ3) is 6.20. The molecule has 2 rings (SSSR count). The number of alkyl halides is 2. The molecule has 1 aliphatic heterocycles. The average molecular weight is 433 g/mol. The third-order valence-electron chi connectivity index (χ3n) is 4.66. The lowest BCUT2D eigenvalue weighted by Gasteiger charge is -2.20. The zero-order valence-corrected chi connectivity index (χ0v) is 16.2. The Labute approximate surface area is 170 Å². The second kappa shape index (κ2) is 10.4. The number of aliphatic carboxylic acids is 1. The molecule has 0 radical (unpaired) electrons. The molecule has 1 aromatic heterocycles. The molecule has 168 valence electrons. The van der Waals surface area contributed by atoms with Gasteiger partial charge in [0.05, 0.1) is 0 Å². The molecule has 0 aromatic carbocycles. The van der Waals surface area contributed by atoms with Gasteiger partial charge >= 0.3 is 23.6 Å². The van der Waals surface area contributed by atoms with Crippen LogP contribution in [0.3, 0.4) is 0 Å². The van der Waals surface area contributed by atoms with Crippen LogP contribution in [0.5, 0.6) is 0 Å². The van der Waals surface area contributed by atoms with Gasteiger partial charge in [-0.15, -0.1) is 0 Å². The van der Waals surface area contributed by atoms with E-state index in [0.717, 1.165) is 25.1 Å².